The first-order valence-corrected chi connectivity index (χ1v) is 18.2. The first kappa shape index (κ1) is 40.1. The van der Waals surface area contributed by atoms with Crippen LogP contribution >= 0.6 is 11.6 Å². The summed E-state index contributed by atoms with van der Waals surface area (Å²) >= 11 is 6.61. The van der Waals surface area contributed by atoms with Crippen LogP contribution in [-0.4, -0.2) is 83.1 Å². The summed E-state index contributed by atoms with van der Waals surface area (Å²) in [4.78, 5) is 68.9. The number of anilines is 1. The molecule has 1 aliphatic carbocycles. The predicted octanol–water partition coefficient (Wildman–Crippen LogP) is 7.00. The van der Waals surface area contributed by atoms with Gasteiger partial charge < -0.3 is 15.2 Å². The standard InChI is InChI=1S/C38H54ClN3O7/c1-6-8-9-10-11-12-13-14-15-16-17-27-28(37(47)48)18-19-29(39)33(27)40-36(46)34(35(45)38(3,4)5)42-21-20-41(25-42)24-26-22-31(44)32(49-7-2)23-30(26)43/h18-19,22-23,34H,6-17,20-21,24-25H2,1-5H3,(H,40,46)(H,47,48). The van der Waals surface area contributed by atoms with Gasteiger partial charge in [0.05, 0.1) is 29.5 Å². The van der Waals surface area contributed by atoms with Crippen LogP contribution in [0.1, 0.15) is 115 Å². The second-order valence-electron chi connectivity index (χ2n) is 14.0. The summed E-state index contributed by atoms with van der Waals surface area (Å²) in [6.45, 7) is 10.7. The highest BCUT2D eigenvalue weighted by atomic mass is 35.5. The molecule has 0 bridgehead atoms. The van der Waals surface area contributed by atoms with Crippen LogP contribution in [0.4, 0.5) is 5.69 Å². The van der Waals surface area contributed by atoms with E-state index in [2.05, 4.69) is 12.2 Å². The highest BCUT2D eigenvalue weighted by molar-refractivity contribution is 6.34. The van der Waals surface area contributed by atoms with E-state index in [1.54, 1.807) is 32.6 Å². The molecule has 1 atom stereocenters. The number of carboxylic acids is 1. The molecule has 10 nitrogen and oxygen atoms in total. The molecule has 0 radical (unpaired) electrons. The zero-order valence-corrected chi connectivity index (χ0v) is 30.6. The van der Waals surface area contributed by atoms with Gasteiger partial charge in [-0.25, -0.2) is 4.79 Å². The van der Waals surface area contributed by atoms with Gasteiger partial charge in [0.1, 0.15) is 0 Å². The van der Waals surface area contributed by atoms with Crippen LogP contribution in [0.25, 0.3) is 0 Å². The molecule has 1 fully saturated rings. The lowest BCUT2D eigenvalue weighted by Gasteiger charge is -2.31. The molecule has 2 aliphatic rings. The van der Waals surface area contributed by atoms with Crippen molar-refractivity contribution in [3.63, 3.8) is 0 Å². The number of carboxylic acid groups (broad SMARTS) is 1. The van der Waals surface area contributed by atoms with Gasteiger partial charge in [0.15, 0.2) is 23.4 Å². The Labute approximate surface area is 296 Å². The van der Waals surface area contributed by atoms with Crippen molar-refractivity contribution < 1.29 is 33.8 Å². The lowest BCUT2D eigenvalue weighted by molar-refractivity contribution is -0.138. The molecule has 49 heavy (non-hydrogen) atoms. The number of unbranched alkanes of at least 4 members (excludes halogenated alkanes) is 9. The molecule has 1 aliphatic heterocycles. The first-order chi connectivity index (χ1) is 23.3. The van der Waals surface area contributed by atoms with Crippen LogP contribution in [0.5, 0.6) is 0 Å². The maximum atomic E-state index is 14.1. The molecule has 11 heteroatoms. The molecule has 270 valence electrons. The Morgan fingerprint density at radius 2 is 1.55 bits per heavy atom. The molecular weight excluding hydrogens is 646 g/mol. The topological polar surface area (TPSA) is 133 Å². The van der Waals surface area contributed by atoms with Gasteiger partial charge in [0, 0.05) is 36.7 Å². The Kier molecular flexibility index (Phi) is 15.7. The van der Waals surface area contributed by atoms with Gasteiger partial charge in [-0.1, -0.05) is 97.1 Å². The number of hydrogen-bond donors (Lipinski definition) is 2. The zero-order valence-electron chi connectivity index (χ0n) is 29.9. The van der Waals surface area contributed by atoms with E-state index in [4.69, 9.17) is 16.3 Å². The fourth-order valence-electron chi connectivity index (χ4n) is 6.28. The van der Waals surface area contributed by atoms with Gasteiger partial charge >= 0.3 is 5.97 Å². The maximum Gasteiger partial charge on any atom is 0.336 e. The second kappa shape index (κ2) is 19.2. The summed E-state index contributed by atoms with van der Waals surface area (Å²) in [6, 6.07) is 1.73. The molecule has 1 aromatic rings. The third-order valence-electron chi connectivity index (χ3n) is 9.03. The molecule has 1 heterocycles. The zero-order chi connectivity index (χ0) is 36.1. The van der Waals surface area contributed by atoms with E-state index in [-0.39, 0.29) is 59.2 Å². The smallest absolute Gasteiger partial charge is 0.336 e. The van der Waals surface area contributed by atoms with Crippen molar-refractivity contribution in [2.45, 2.75) is 111 Å². The highest BCUT2D eigenvalue weighted by Gasteiger charge is 2.42. The molecule has 3 rings (SSSR count). The molecular formula is C38H54ClN3O7. The first-order valence-electron chi connectivity index (χ1n) is 17.8. The van der Waals surface area contributed by atoms with E-state index in [0.29, 0.717) is 30.6 Å². The van der Waals surface area contributed by atoms with E-state index in [9.17, 15) is 29.1 Å². The Morgan fingerprint density at radius 3 is 2.14 bits per heavy atom. The average Bonchev–Trinajstić information content (AvgIpc) is 3.49. The van der Waals surface area contributed by atoms with Gasteiger partial charge in [-0.15, -0.1) is 0 Å². The fraction of sp³-hybridized carbons (Fsp3) is 0.605. The monoisotopic (exact) mass is 699 g/mol. The Balaban J connectivity index is 1.74. The van der Waals surface area contributed by atoms with Crippen molar-refractivity contribution >= 4 is 46.5 Å². The highest BCUT2D eigenvalue weighted by Crippen LogP contribution is 2.32. The Bertz CT molecular complexity index is 1430. The number of rotatable bonds is 20. The van der Waals surface area contributed by atoms with Gasteiger partial charge in [0.25, 0.3) is 0 Å². The van der Waals surface area contributed by atoms with Gasteiger partial charge in [-0.3, -0.25) is 29.0 Å². The van der Waals surface area contributed by atoms with E-state index >= 15 is 0 Å². The number of benzene rings is 1. The molecule has 2 N–H and O–H groups in total. The predicted molar refractivity (Wildman–Crippen MR) is 192 cm³/mol. The Hall–Kier alpha value is -3.34. The quantitative estimate of drug-likeness (QED) is 0.0839. The second-order valence-corrected chi connectivity index (χ2v) is 14.4. The number of aromatic carboxylic acids is 1. The number of nitrogens with one attached hydrogen (secondary N) is 1. The number of ether oxygens (including phenoxy) is 1. The van der Waals surface area contributed by atoms with Gasteiger partial charge in [0.2, 0.25) is 11.7 Å². The minimum Gasteiger partial charge on any atom is -0.490 e. The number of ketones is 3. The van der Waals surface area contributed by atoms with Crippen molar-refractivity contribution in [2.75, 3.05) is 38.2 Å². The minimum absolute atomic E-state index is 0.0185. The minimum atomic E-state index is -1.19. The fourth-order valence-corrected chi connectivity index (χ4v) is 6.50. The molecule has 1 aromatic carbocycles. The number of amides is 1. The third-order valence-corrected chi connectivity index (χ3v) is 9.34. The number of nitrogens with zero attached hydrogens (tertiary/aromatic N) is 2. The summed E-state index contributed by atoms with van der Waals surface area (Å²) in [5.41, 5.74) is 0.189. The van der Waals surface area contributed by atoms with Crippen molar-refractivity contribution in [3.05, 3.63) is 51.8 Å². The van der Waals surface area contributed by atoms with E-state index < -0.39 is 23.3 Å². The normalized spacial score (nSPS) is 16.4. The van der Waals surface area contributed by atoms with Crippen molar-refractivity contribution in [1.82, 2.24) is 9.80 Å². The van der Waals surface area contributed by atoms with Crippen LogP contribution in [0.15, 0.2) is 35.6 Å². The molecule has 1 unspecified atom stereocenters. The summed E-state index contributed by atoms with van der Waals surface area (Å²) in [5.74, 6) is -2.68. The summed E-state index contributed by atoms with van der Waals surface area (Å²) < 4.78 is 5.26. The molecule has 0 spiro atoms. The molecule has 1 amide bonds. The van der Waals surface area contributed by atoms with Crippen LogP contribution in [0, 0.1) is 5.41 Å². The van der Waals surface area contributed by atoms with Gasteiger partial charge in [-0.05, 0) is 43.5 Å². The number of halogens is 1. The maximum absolute atomic E-state index is 14.1. The number of Topliss-reactive ketones (excluding diaryl/α,β-unsaturated/α-hetero) is 1. The number of carbonyl (C=O) groups excluding carboxylic acids is 4. The Morgan fingerprint density at radius 1 is 0.918 bits per heavy atom. The summed E-state index contributed by atoms with van der Waals surface area (Å²) in [6.07, 6.45) is 14.2. The lowest BCUT2D eigenvalue weighted by atomic mass is 9.85. The summed E-state index contributed by atoms with van der Waals surface area (Å²) in [5, 5.41) is 13.1. The number of hydrogen-bond acceptors (Lipinski definition) is 8. The van der Waals surface area contributed by atoms with Crippen LogP contribution in [-0.2, 0) is 30.3 Å². The van der Waals surface area contributed by atoms with Crippen molar-refractivity contribution in [3.8, 4) is 0 Å². The third kappa shape index (κ3) is 11.6. The van der Waals surface area contributed by atoms with Crippen LogP contribution in [0.3, 0.4) is 0 Å². The molecule has 0 aromatic heterocycles. The SMILES string of the molecule is CCCCCCCCCCCCc1c(C(=O)O)ccc(Cl)c1NC(=O)C(C(=O)C(C)(C)C)N1CCN(CC2=CC(=O)C(OCC)=CC2=O)C1. The lowest BCUT2D eigenvalue weighted by Crippen LogP contribution is -2.52. The van der Waals surface area contributed by atoms with E-state index in [1.165, 1.54) is 62.8 Å². The van der Waals surface area contributed by atoms with Crippen molar-refractivity contribution in [2.24, 2.45) is 5.41 Å². The number of carbonyl (C=O) groups is 5. The summed E-state index contributed by atoms with van der Waals surface area (Å²) in [7, 11) is 0. The average molecular weight is 700 g/mol. The number of allylic oxidation sites excluding steroid dienone is 2. The van der Waals surface area contributed by atoms with Crippen molar-refractivity contribution in [1.29, 1.82) is 0 Å². The largest absolute Gasteiger partial charge is 0.490 e. The van der Waals surface area contributed by atoms with E-state index in [1.807, 2.05) is 4.90 Å². The molecule has 1 saturated heterocycles. The van der Waals surface area contributed by atoms with E-state index in [0.717, 1.165) is 25.7 Å². The van der Waals surface area contributed by atoms with Crippen LogP contribution < -0.4 is 5.32 Å². The molecule has 0 saturated carbocycles. The van der Waals surface area contributed by atoms with Gasteiger partial charge in [-0.2, -0.15) is 0 Å². The van der Waals surface area contributed by atoms with Crippen LogP contribution in [0.2, 0.25) is 5.02 Å².